The van der Waals surface area contributed by atoms with Gasteiger partial charge in [0.15, 0.2) is 0 Å². The molecule has 0 radical (unpaired) electrons. The standard InChI is InChI=1S/C21H19FN2O3/c1-26-21(25)17-12-14-5-2-3-8-18(14)23-20(17)24-9-10-27-19(13-24)15-6-4-7-16(22)11-15/h2-8,11-12,19H,9-10,13H2,1H3/t19-/m0/s1. The number of para-hydroxylation sites is 1. The molecule has 2 heterocycles. The van der Waals surface area contributed by atoms with Crippen molar-refractivity contribution in [3.05, 3.63) is 71.5 Å². The summed E-state index contributed by atoms with van der Waals surface area (Å²) in [6.45, 7) is 1.51. The van der Waals surface area contributed by atoms with Crippen molar-refractivity contribution in [2.45, 2.75) is 6.10 Å². The van der Waals surface area contributed by atoms with Gasteiger partial charge in [0.2, 0.25) is 0 Å². The van der Waals surface area contributed by atoms with Crippen LogP contribution in [0.25, 0.3) is 10.9 Å². The Balaban J connectivity index is 1.73. The van der Waals surface area contributed by atoms with Crippen molar-refractivity contribution in [1.29, 1.82) is 0 Å². The lowest BCUT2D eigenvalue weighted by Gasteiger charge is -2.34. The predicted octanol–water partition coefficient (Wildman–Crippen LogP) is 3.74. The van der Waals surface area contributed by atoms with Crippen molar-refractivity contribution >= 4 is 22.7 Å². The quantitative estimate of drug-likeness (QED) is 0.661. The number of benzene rings is 2. The van der Waals surface area contributed by atoms with Crippen LogP contribution in [0, 0.1) is 5.82 Å². The number of methoxy groups -OCH3 is 1. The van der Waals surface area contributed by atoms with Crippen LogP contribution < -0.4 is 4.90 Å². The number of hydrogen-bond acceptors (Lipinski definition) is 5. The van der Waals surface area contributed by atoms with Gasteiger partial charge in [0.05, 0.1) is 19.2 Å². The second-order valence-corrected chi connectivity index (χ2v) is 6.40. The van der Waals surface area contributed by atoms with Crippen LogP contribution >= 0.6 is 0 Å². The molecule has 5 nitrogen and oxygen atoms in total. The van der Waals surface area contributed by atoms with Crippen LogP contribution in [0.4, 0.5) is 10.2 Å². The summed E-state index contributed by atoms with van der Waals surface area (Å²) in [6, 6.07) is 15.8. The third-order valence-electron chi connectivity index (χ3n) is 4.70. The molecular formula is C21H19FN2O3. The molecule has 0 spiro atoms. The Hall–Kier alpha value is -2.99. The molecule has 1 fully saturated rings. The Bertz CT molecular complexity index is 992. The average molecular weight is 366 g/mol. The van der Waals surface area contributed by atoms with Crippen LogP contribution in [0.3, 0.4) is 0 Å². The molecule has 1 aliphatic rings. The van der Waals surface area contributed by atoms with E-state index in [1.54, 1.807) is 12.1 Å². The van der Waals surface area contributed by atoms with Crippen molar-refractivity contribution in [2.75, 3.05) is 31.7 Å². The minimum absolute atomic E-state index is 0.298. The van der Waals surface area contributed by atoms with Crippen molar-refractivity contribution in [3.8, 4) is 0 Å². The van der Waals surface area contributed by atoms with E-state index in [1.165, 1.54) is 19.2 Å². The molecule has 2 aromatic carbocycles. The van der Waals surface area contributed by atoms with Crippen LogP contribution in [0.1, 0.15) is 22.0 Å². The van der Waals surface area contributed by atoms with Crippen LogP contribution in [-0.2, 0) is 9.47 Å². The number of halogens is 1. The van der Waals surface area contributed by atoms with E-state index < -0.39 is 5.97 Å². The molecule has 1 saturated heterocycles. The predicted molar refractivity (Wildman–Crippen MR) is 100 cm³/mol. The average Bonchev–Trinajstić information content (AvgIpc) is 2.72. The van der Waals surface area contributed by atoms with E-state index in [4.69, 9.17) is 14.5 Å². The summed E-state index contributed by atoms with van der Waals surface area (Å²) in [5, 5.41) is 0.872. The fourth-order valence-electron chi connectivity index (χ4n) is 3.36. The summed E-state index contributed by atoms with van der Waals surface area (Å²) in [4.78, 5) is 19.1. The van der Waals surface area contributed by atoms with E-state index in [0.717, 1.165) is 16.5 Å². The van der Waals surface area contributed by atoms with E-state index in [-0.39, 0.29) is 11.9 Å². The van der Waals surface area contributed by atoms with Gasteiger partial charge in [-0.15, -0.1) is 0 Å². The second kappa shape index (κ2) is 7.32. The number of carbonyl (C=O) groups is 1. The SMILES string of the molecule is COC(=O)c1cc2ccccc2nc1N1CCO[C@H](c2cccc(F)c2)C1. The van der Waals surface area contributed by atoms with E-state index in [1.807, 2.05) is 35.2 Å². The van der Waals surface area contributed by atoms with Gasteiger partial charge in [0.25, 0.3) is 0 Å². The molecule has 6 heteroatoms. The van der Waals surface area contributed by atoms with Gasteiger partial charge < -0.3 is 14.4 Å². The number of carbonyl (C=O) groups excluding carboxylic acids is 1. The lowest BCUT2D eigenvalue weighted by atomic mass is 10.1. The Morgan fingerprint density at radius 1 is 1.22 bits per heavy atom. The summed E-state index contributed by atoms with van der Waals surface area (Å²) in [5.41, 5.74) is 1.98. The molecule has 1 aromatic heterocycles. The summed E-state index contributed by atoms with van der Waals surface area (Å²) >= 11 is 0. The molecule has 0 N–H and O–H groups in total. The van der Waals surface area contributed by atoms with Gasteiger partial charge in [-0.1, -0.05) is 30.3 Å². The first-order valence-corrected chi connectivity index (χ1v) is 8.76. The van der Waals surface area contributed by atoms with Crippen LogP contribution in [0.2, 0.25) is 0 Å². The van der Waals surface area contributed by atoms with Gasteiger partial charge in [-0.3, -0.25) is 0 Å². The van der Waals surface area contributed by atoms with Gasteiger partial charge in [-0.2, -0.15) is 0 Å². The van der Waals surface area contributed by atoms with Crippen molar-refractivity contribution in [2.24, 2.45) is 0 Å². The lowest BCUT2D eigenvalue weighted by Crippen LogP contribution is -2.39. The monoisotopic (exact) mass is 366 g/mol. The molecule has 0 amide bonds. The number of fused-ring (bicyclic) bond motifs is 1. The maximum atomic E-state index is 13.6. The van der Waals surface area contributed by atoms with Gasteiger partial charge in [0.1, 0.15) is 23.3 Å². The van der Waals surface area contributed by atoms with Crippen molar-refractivity contribution in [3.63, 3.8) is 0 Å². The molecule has 0 aliphatic carbocycles. The summed E-state index contributed by atoms with van der Waals surface area (Å²) in [5.74, 6) is -0.172. The van der Waals surface area contributed by atoms with E-state index in [2.05, 4.69) is 0 Å². The number of aromatic nitrogens is 1. The number of esters is 1. The highest BCUT2D eigenvalue weighted by atomic mass is 19.1. The van der Waals surface area contributed by atoms with Crippen LogP contribution in [0.5, 0.6) is 0 Å². The molecule has 0 bridgehead atoms. The van der Waals surface area contributed by atoms with Crippen molar-refractivity contribution < 1.29 is 18.7 Å². The van der Waals surface area contributed by atoms with E-state index >= 15 is 0 Å². The van der Waals surface area contributed by atoms with Crippen LogP contribution in [0.15, 0.2) is 54.6 Å². The summed E-state index contributed by atoms with van der Waals surface area (Å²) < 4.78 is 24.4. The Labute approximate surface area is 156 Å². The molecule has 138 valence electrons. The minimum atomic E-state index is -0.433. The minimum Gasteiger partial charge on any atom is -0.465 e. The summed E-state index contributed by atoms with van der Waals surface area (Å²) in [6.07, 6.45) is -0.298. The molecule has 0 saturated carbocycles. The largest absolute Gasteiger partial charge is 0.465 e. The smallest absolute Gasteiger partial charge is 0.341 e. The first-order valence-electron chi connectivity index (χ1n) is 8.76. The molecule has 3 aromatic rings. The fraction of sp³-hybridized carbons (Fsp3) is 0.238. The highest BCUT2D eigenvalue weighted by Crippen LogP contribution is 2.30. The number of ether oxygens (including phenoxy) is 2. The maximum Gasteiger partial charge on any atom is 0.341 e. The normalized spacial score (nSPS) is 17.1. The number of morpholine rings is 1. The number of rotatable bonds is 3. The number of anilines is 1. The zero-order chi connectivity index (χ0) is 18.8. The highest BCUT2D eigenvalue weighted by molar-refractivity contribution is 5.99. The van der Waals surface area contributed by atoms with Crippen molar-refractivity contribution in [1.82, 2.24) is 4.98 Å². The van der Waals surface area contributed by atoms with Gasteiger partial charge in [-0.25, -0.2) is 14.2 Å². The lowest BCUT2D eigenvalue weighted by molar-refractivity contribution is 0.0390. The first-order chi connectivity index (χ1) is 13.2. The molecule has 27 heavy (non-hydrogen) atoms. The second-order valence-electron chi connectivity index (χ2n) is 6.40. The molecule has 4 rings (SSSR count). The number of nitrogens with zero attached hydrogens (tertiary/aromatic N) is 2. The molecule has 1 aliphatic heterocycles. The number of hydrogen-bond donors (Lipinski definition) is 0. The summed E-state index contributed by atoms with van der Waals surface area (Å²) in [7, 11) is 1.36. The first kappa shape index (κ1) is 17.4. The van der Waals surface area contributed by atoms with E-state index in [0.29, 0.717) is 31.1 Å². The van der Waals surface area contributed by atoms with Gasteiger partial charge in [-0.05, 0) is 29.8 Å². The van der Waals surface area contributed by atoms with Crippen LogP contribution in [-0.4, -0.2) is 37.8 Å². The topological polar surface area (TPSA) is 51.7 Å². The molecular weight excluding hydrogens is 347 g/mol. The van der Waals surface area contributed by atoms with Gasteiger partial charge >= 0.3 is 5.97 Å². The zero-order valence-corrected chi connectivity index (χ0v) is 14.9. The van der Waals surface area contributed by atoms with E-state index in [9.17, 15) is 9.18 Å². The third kappa shape index (κ3) is 3.48. The Morgan fingerprint density at radius 3 is 2.89 bits per heavy atom. The zero-order valence-electron chi connectivity index (χ0n) is 14.9. The number of pyridine rings is 1. The molecule has 1 atom stereocenters. The molecule has 0 unspecified atom stereocenters. The maximum absolute atomic E-state index is 13.6. The third-order valence-corrected chi connectivity index (χ3v) is 4.70. The van der Waals surface area contributed by atoms with Gasteiger partial charge in [0, 0.05) is 18.5 Å². The fourth-order valence-corrected chi connectivity index (χ4v) is 3.36. The highest BCUT2D eigenvalue weighted by Gasteiger charge is 2.27. The Morgan fingerprint density at radius 2 is 2.07 bits per heavy atom. The Kier molecular flexibility index (Phi) is 4.73.